The average molecular weight is 190 g/mol. The molecule has 0 aromatic heterocycles. The van der Waals surface area contributed by atoms with Gasteiger partial charge in [-0.2, -0.15) is 0 Å². The molecule has 0 amide bonds. The molecule has 0 saturated carbocycles. The lowest BCUT2D eigenvalue weighted by Crippen LogP contribution is -2.47. The summed E-state index contributed by atoms with van der Waals surface area (Å²) >= 11 is 0. The van der Waals surface area contributed by atoms with E-state index >= 15 is 0 Å². The summed E-state index contributed by atoms with van der Waals surface area (Å²) in [4.78, 5) is 10.6. The Hall–Kier alpha value is -0.650. The SMILES string of the molecule is CC(=O)OC1CC(O)C(O)OC1C. The van der Waals surface area contributed by atoms with Crippen molar-refractivity contribution in [3.8, 4) is 0 Å². The van der Waals surface area contributed by atoms with Crippen LogP contribution in [-0.4, -0.2) is 40.8 Å². The van der Waals surface area contributed by atoms with Gasteiger partial charge in [0.2, 0.25) is 0 Å². The standard InChI is InChI=1S/C8H14O5/c1-4-7(13-5(2)9)3-6(10)8(11)12-4/h4,6-8,10-11H,3H2,1-2H3. The molecule has 0 radical (unpaired) electrons. The maximum absolute atomic E-state index is 10.6. The predicted molar refractivity (Wildman–Crippen MR) is 42.7 cm³/mol. The number of carbonyl (C=O) groups excluding carboxylic acids is 1. The van der Waals surface area contributed by atoms with E-state index in [4.69, 9.17) is 14.6 Å². The summed E-state index contributed by atoms with van der Waals surface area (Å²) in [6.07, 6.45) is -2.82. The van der Waals surface area contributed by atoms with Crippen molar-refractivity contribution in [3.63, 3.8) is 0 Å². The Morgan fingerprint density at radius 3 is 2.69 bits per heavy atom. The number of hydrogen-bond donors (Lipinski definition) is 2. The van der Waals surface area contributed by atoms with Gasteiger partial charge in [0.05, 0.1) is 6.10 Å². The first-order valence-electron chi connectivity index (χ1n) is 4.19. The first kappa shape index (κ1) is 10.4. The lowest BCUT2D eigenvalue weighted by molar-refractivity contribution is -0.245. The summed E-state index contributed by atoms with van der Waals surface area (Å²) in [6, 6.07) is 0. The quantitative estimate of drug-likeness (QED) is 0.540. The summed E-state index contributed by atoms with van der Waals surface area (Å²) < 4.78 is 9.83. The van der Waals surface area contributed by atoms with Crippen LogP contribution in [0.4, 0.5) is 0 Å². The van der Waals surface area contributed by atoms with E-state index < -0.39 is 24.5 Å². The third-order valence-corrected chi connectivity index (χ3v) is 2.00. The van der Waals surface area contributed by atoms with Crippen molar-refractivity contribution in [1.82, 2.24) is 0 Å². The van der Waals surface area contributed by atoms with Gasteiger partial charge in [0.25, 0.3) is 0 Å². The van der Waals surface area contributed by atoms with Crippen LogP contribution < -0.4 is 0 Å². The molecule has 2 N–H and O–H groups in total. The highest BCUT2D eigenvalue weighted by atomic mass is 16.6. The van der Waals surface area contributed by atoms with Crippen molar-refractivity contribution >= 4 is 5.97 Å². The van der Waals surface area contributed by atoms with Gasteiger partial charge < -0.3 is 19.7 Å². The van der Waals surface area contributed by atoms with Gasteiger partial charge in [0, 0.05) is 13.3 Å². The molecule has 1 aliphatic heterocycles. The molecule has 1 aliphatic rings. The van der Waals surface area contributed by atoms with Gasteiger partial charge in [-0.1, -0.05) is 0 Å². The molecular formula is C8H14O5. The predicted octanol–water partition coefficient (Wildman–Crippen LogP) is -0.594. The normalized spacial score (nSPS) is 40.0. The monoisotopic (exact) mass is 190 g/mol. The van der Waals surface area contributed by atoms with Crippen molar-refractivity contribution in [3.05, 3.63) is 0 Å². The summed E-state index contributed by atoms with van der Waals surface area (Å²) in [5, 5.41) is 18.3. The topological polar surface area (TPSA) is 76.0 Å². The second-order valence-electron chi connectivity index (χ2n) is 3.18. The molecule has 0 aromatic carbocycles. The minimum Gasteiger partial charge on any atom is -0.460 e. The zero-order valence-corrected chi connectivity index (χ0v) is 7.64. The van der Waals surface area contributed by atoms with Crippen molar-refractivity contribution in [1.29, 1.82) is 0 Å². The fourth-order valence-corrected chi connectivity index (χ4v) is 1.30. The zero-order chi connectivity index (χ0) is 10.0. The van der Waals surface area contributed by atoms with Gasteiger partial charge >= 0.3 is 5.97 Å². The number of carbonyl (C=O) groups is 1. The highest BCUT2D eigenvalue weighted by Crippen LogP contribution is 2.21. The van der Waals surface area contributed by atoms with E-state index in [0.717, 1.165) is 0 Å². The van der Waals surface area contributed by atoms with Crippen molar-refractivity contribution in [2.45, 2.75) is 44.9 Å². The van der Waals surface area contributed by atoms with Crippen LogP contribution in [0.1, 0.15) is 20.3 Å². The highest BCUT2D eigenvalue weighted by Gasteiger charge is 2.35. The number of ether oxygens (including phenoxy) is 2. The third kappa shape index (κ3) is 2.65. The fourth-order valence-electron chi connectivity index (χ4n) is 1.30. The zero-order valence-electron chi connectivity index (χ0n) is 7.64. The largest absolute Gasteiger partial charge is 0.460 e. The van der Waals surface area contributed by atoms with Crippen LogP contribution in [0.3, 0.4) is 0 Å². The summed E-state index contributed by atoms with van der Waals surface area (Å²) in [7, 11) is 0. The Balaban J connectivity index is 2.51. The molecule has 13 heavy (non-hydrogen) atoms. The second kappa shape index (κ2) is 4.04. The molecule has 1 saturated heterocycles. The molecule has 0 spiro atoms. The van der Waals surface area contributed by atoms with Crippen molar-refractivity contribution < 1.29 is 24.5 Å². The molecule has 76 valence electrons. The van der Waals surface area contributed by atoms with Crippen LogP contribution in [0, 0.1) is 0 Å². The Morgan fingerprint density at radius 2 is 2.15 bits per heavy atom. The Morgan fingerprint density at radius 1 is 1.54 bits per heavy atom. The highest BCUT2D eigenvalue weighted by molar-refractivity contribution is 5.66. The van der Waals surface area contributed by atoms with E-state index in [1.165, 1.54) is 6.92 Å². The lowest BCUT2D eigenvalue weighted by Gasteiger charge is -2.34. The Bertz CT molecular complexity index is 193. The van der Waals surface area contributed by atoms with E-state index in [1.54, 1.807) is 6.92 Å². The van der Waals surface area contributed by atoms with Crippen LogP contribution in [0.25, 0.3) is 0 Å². The number of esters is 1. The van der Waals surface area contributed by atoms with Crippen LogP contribution in [0.5, 0.6) is 0 Å². The average Bonchev–Trinajstić information content (AvgIpc) is 1.99. The second-order valence-corrected chi connectivity index (χ2v) is 3.18. The van der Waals surface area contributed by atoms with Crippen LogP contribution >= 0.6 is 0 Å². The van der Waals surface area contributed by atoms with Crippen LogP contribution in [0.15, 0.2) is 0 Å². The molecular weight excluding hydrogens is 176 g/mol. The van der Waals surface area contributed by atoms with Gasteiger partial charge in [-0.25, -0.2) is 0 Å². The molecule has 5 heteroatoms. The Labute approximate surface area is 76.3 Å². The Kier molecular flexibility index (Phi) is 3.24. The van der Waals surface area contributed by atoms with Crippen molar-refractivity contribution in [2.75, 3.05) is 0 Å². The number of aliphatic hydroxyl groups excluding tert-OH is 2. The van der Waals surface area contributed by atoms with E-state index in [-0.39, 0.29) is 12.5 Å². The smallest absolute Gasteiger partial charge is 0.302 e. The third-order valence-electron chi connectivity index (χ3n) is 2.00. The molecule has 1 fully saturated rings. The van der Waals surface area contributed by atoms with Gasteiger partial charge in [0.15, 0.2) is 6.29 Å². The van der Waals surface area contributed by atoms with Gasteiger partial charge in [-0.3, -0.25) is 4.79 Å². The molecule has 0 bridgehead atoms. The van der Waals surface area contributed by atoms with Crippen LogP contribution in [0.2, 0.25) is 0 Å². The fraction of sp³-hybridized carbons (Fsp3) is 0.875. The first-order chi connectivity index (χ1) is 6.00. The maximum Gasteiger partial charge on any atom is 0.302 e. The summed E-state index contributed by atoms with van der Waals surface area (Å²) in [5.74, 6) is -0.413. The molecule has 5 nitrogen and oxygen atoms in total. The molecule has 4 atom stereocenters. The summed E-state index contributed by atoms with van der Waals surface area (Å²) in [5.41, 5.74) is 0. The lowest BCUT2D eigenvalue weighted by atomic mass is 10.0. The minimum absolute atomic E-state index is 0.210. The summed E-state index contributed by atoms with van der Waals surface area (Å²) in [6.45, 7) is 2.98. The number of aliphatic hydroxyl groups is 2. The van der Waals surface area contributed by atoms with Crippen LogP contribution in [-0.2, 0) is 14.3 Å². The molecule has 1 rings (SSSR count). The van der Waals surface area contributed by atoms with Gasteiger partial charge in [-0.05, 0) is 6.92 Å². The van der Waals surface area contributed by atoms with E-state index in [9.17, 15) is 9.90 Å². The number of rotatable bonds is 1. The molecule has 0 aromatic rings. The maximum atomic E-state index is 10.6. The van der Waals surface area contributed by atoms with E-state index in [2.05, 4.69) is 0 Å². The first-order valence-corrected chi connectivity index (χ1v) is 4.19. The molecule has 4 unspecified atom stereocenters. The van der Waals surface area contributed by atoms with Gasteiger partial charge in [-0.15, -0.1) is 0 Å². The molecule has 1 heterocycles. The number of hydrogen-bond acceptors (Lipinski definition) is 5. The minimum atomic E-state index is -1.18. The molecule has 0 aliphatic carbocycles. The van der Waals surface area contributed by atoms with Crippen molar-refractivity contribution in [2.24, 2.45) is 0 Å². The van der Waals surface area contributed by atoms with Gasteiger partial charge in [0.1, 0.15) is 12.2 Å². The van der Waals surface area contributed by atoms with E-state index in [1.807, 2.05) is 0 Å². The van der Waals surface area contributed by atoms with E-state index in [0.29, 0.717) is 0 Å².